The number of hydrogen-bond donors (Lipinski definition) is 2. The van der Waals surface area contributed by atoms with Crippen LogP contribution in [0.5, 0.6) is 0 Å². The fourth-order valence-electron chi connectivity index (χ4n) is 1.85. The molecule has 7 heteroatoms. The van der Waals surface area contributed by atoms with Gasteiger partial charge in [0.05, 0.1) is 18.1 Å². The molecule has 0 atom stereocenters. The molecule has 1 amide bonds. The number of carbonyl (C=O) groups excluding carboxylic acids is 1. The Morgan fingerprint density at radius 1 is 1.26 bits per heavy atom. The monoisotopic (exact) mass is 377 g/mol. The van der Waals surface area contributed by atoms with Gasteiger partial charge in [-0.05, 0) is 54.6 Å². The molecule has 0 bridgehead atoms. The highest BCUT2D eigenvalue weighted by Gasteiger charge is 2.10. The number of halogens is 1. The largest absolute Gasteiger partial charge is 0.368 e. The summed E-state index contributed by atoms with van der Waals surface area (Å²) >= 11 is 3.44. The van der Waals surface area contributed by atoms with Crippen molar-refractivity contribution in [2.24, 2.45) is 0 Å². The van der Waals surface area contributed by atoms with Crippen LogP contribution in [0.15, 0.2) is 35.1 Å². The molecule has 0 saturated heterocycles. The molecule has 1 aromatic heterocycles. The lowest BCUT2D eigenvalue weighted by atomic mass is 10.2. The van der Waals surface area contributed by atoms with Crippen LogP contribution in [0.25, 0.3) is 0 Å². The Bertz CT molecular complexity index is 673. The van der Waals surface area contributed by atoms with Gasteiger partial charge >= 0.3 is 0 Å². The number of likely N-dealkylation sites (N-methyl/N-ethyl adjacent to an activating group) is 1. The third-order valence-electron chi connectivity index (χ3n) is 3.12. The molecule has 1 heterocycles. The molecule has 0 aliphatic heterocycles. The molecule has 1 aromatic carbocycles. The van der Waals surface area contributed by atoms with Gasteiger partial charge in [0.15, 0.2) is 0 Å². The predicted molar refractivity (Wildman–Crippen MR) is 95.9 cm³/mol. The lowest BCUT2D eigenvalue weighted by Crippen LogP contribution is -2.21. The molecule has 0 aliphatic carbocycles. The second kappa shape index (κ2) is 8.03. The quantitative estimate of drug-likeness (QED) is 0.809. The summed E-state index contributed by atoms with van der Waals surface area (Å²) in [6.07, 6.45) is 3.03. The number of aromatic nitrogens is 2. The minimum absolute atomic E-state index is 0.274. The summed E-state index contributed by atoms with van der Waals surface area (Å²) in [4.78, 5) is 22.6. The summed E-state index contributed by atoms with van der Waals surface area (Å²) in [6, 6.07) is 5.73. The van der Waals surface area contributed by atoms with Crippen LogP contribution in [-0.2, 0) is 0 Å². The molecule has 0 spiro atoms. The molecule has 23 heavy (non-hydrogen) atoms. The van der Waals surface area contributed by atoms with Gasteiger partial charge in [-0.2, -0.15) is 0 Å². The summed E-state index contributed by atoms with van der Waals surface area (Å²) < 4.78 is 0.834. The first-order valence-corrected chi connectivity index (χ1v) is 8.03. The van der Waals surface area contributed by atoms with Crippen LogP contribution < -0.4 is 10.6 Å². The van der Waals surface area contributed by atoms with E-state index in [0.717, 1.165) is 23.1 Å². The highest BCUT2D eigenvalue weighted by Crippen LogP contribution is 2.23. The van der Waals surface area contributed by atoms with Gasteiger partial charge < -0.3 is 15.5 Å². The van der Waals surface area contributed by atoms with E-state index in [1.807, 2.05) is 39.2 Å². The number of nitrogens with one attached hydrogen (secondary N) is 2. The molecule has 0 radical (unpaired) electrons. The van der Waals surface area contributed by atoms with Crippen LogP contribution in [0, 0.1) is 6.92 Å². The molecule has 2 aromatic rings. The molecule has 6 nitrogen and oxygen atoms in total. The maximum absolute atomic E-state index is 12.2. The van der Waals surface area contributed by atoms with Gasteiger partial charge in [-0.25, -0.2) is 9.97 Å². The fourth-order valence-corrected chi connectivity index (χ4v) is 2.44. The number of nitrogens with zero attached hydrogens (tertiary/aromatic N) is 3. The number of hydrogen-bond acceptors (Lipinski definition) is 5. The van der Waals surface area contributed by atoms with E-state index in [9.17, 15) is 4.79 Å². The number of carbonyl (C=O) groups is 1. The van der Waals surface area contributed by atoms with E-state index in [1.54, 1.807) is 6.20 Å². The van der Waals surface area contributed by atoms with Gasteiger partial charge in [-0.15, -0.1) is 0 Å². The molecular weight excluding hydrogens is 358 g/mol. The first-order chi connectivity index (χ1) is 11.0. The van der Waals surface area contributed by atoms with Crippen LogP contribution in [-0.4, -0.2) is 48.0 Å². The standard InChI is InChI=1S/C16H20BrN5O/c1-11-4-5-13(12(17)8-11)21-16(23)14-9-20-15(10-19-14)18-6-7-22(2)3/h4-5,8-10H,6-7H2,1-3H3,(H,18,20)(H,21,23). The highest BCUT2D eigenvalue weighted by molar-refractivity contribution is 9.10. The Morgan fingerprint density at radius 3 is 2.65 bits per heavy atom. The Labute approximate surface area is 144 Å². The van der Waals surface area contributed by atoms with Gasteiger partial charge in [-0.1, -0.05) is 6.07 Å². The van der Waals surface area contributed by atoms with Gasteiger partial charge in [0.2, 0.25) is 0 Å². The van der Waals surface area contributed by atoms with Gasteiger partial charge in [0.25, 0.3) is 5.91 Å². The molecule has 0 unspecified atom stereocenters. The van der Waals surface area contributed by atoms with Crippen molar-refractivity contribution in [2.45, 2.75) is 6.92 Å². The van der Waals surface area contributed by atoms with Crippen molar-refractivity contribution < 1.29 is 4.79 Å². The average Bonchev–Trinajstić information content (AvgIpc) is 2.50. The Kier molecular flexibility index (Phi) is 6.06. The normalized spacial score (nSPS) is 10.7. The van der Waals surface area contributed by atoms with Gasteiger partial charge in [0.1, 0.15) is 11.5 Å². The van der Waals surface area contributed by atoms with Crippen LogP contribution in [0.3, 0.4) is 0 Å². The minimum Gasteiger partial charge on any atom is -0.368 e. The van der Waals surface area contributed by atoms with E-state index in [0.29, 0.717) is 11.5 Å². The fraction of sp³-hybridized carbons (Fsp3) is 0.312. The SMILES string of the molecule is Cc1ccc(NC(=O)c2cnc(NCCN(C)C)cn2)c(Br)c1. The second-order valence-corrected chi connectivity index (χ2v) is 6.31. The zero-order chi connectivity index (χ0) is 16.8. The molecular formula is C16H20BrN5O. The zero-order valence-corrected chi connectivity index (χ0v) is 15.0. The molecule has 2 rings (SSSR count). The minimum atomic E-state index is -0.290. The van der Waals surface area contributed by atoms with Crippen molar-refractivity contribution in [1.29, 1.82) is 0 Å². The maximum atomic E-state index is 12.2. The molecule has 0 saturated carbocycles. The average molecular weight is 378 g/mol. The molecule has 0 aliphatic rings. The van der Waals surface area contributed by atoms with Crippen molar-refractivity contribution in [3.8, 4) is 0 Å². The van der Waals surface area contributed by atoms with Crippen LogP contribution in [0.2, 0.25) is 0 Å². The van der Waals surface area contributed by atoms with Crippen LogP contribution in [0.4, 0.5) is 11.5 Å². The third-order valence-corrected chi connectivity index (χ3v) is 3.78. The van der Waals surface area contributed by atoms with Crippen LogP contribution in [0.1, 0.15) is 16.1 Å². The summed E-state index contributed by atoms with van der Waals surface area (Å²) in [5, 5.41) is 5.97. The lowest BCUT2D eigenvalue weighted by molar-refractivity contribution is 0.102. The molecule has 2 N–H and O–H groups in total. The van der Waals surface area contributed by atoms with Gasteiger partial charge in [0, 0.05) is 17.6 Å². The first kappa shape index (κ1) is 17.4. The van der Waals surface area contributed by atoms with Crippen molar-refractivity contribution in [2.75, 3.05) is 37.8 Å². The van der Waals surface area contributed by atoms with Crippen LogP contribution >= 0.6 is 15.9 Å². The zero-order valence-electron chi connectivity index (χ0n) is 13.4. The number of anilines is 2. The number of rotatable bonds is 6. The van der Waals surface area contributed by atoms with E-state index in [4.69, 9.17) is 0 Å². The van der Waals surface area contributed by atoms with E-state index in [1.165, 1.54) is 6.20 Å². The van der Waals surface area contributed by atoms with E-state index in [-0.39, 0.29) is 11.6 Å². The van der Waals surface area contributed by atoms with Crippen molar-refractivity contribution in [1.82, 2.24) is 14.9 Å². The van der Waals surface area contributed by atoms with E-state index >= 15 is 0 Å². The second-order valence-electron chi connectivity index (χ2n) is 5.45. The third kappa shape index (κ3) is 5.30. The molecule has 122 valence electrons. The Morgan fingerprint density at radius 2 is 2.04 bits per heavy atom. The lowest BCUT2D eigenvalue weighted by Gasteiger charge is -2.11. The summed E-state index contributed by atoms with van der Waals surface area (Å²) in [5.41, 5.74) is 2.09. The first-order valence-electron chi connectivity index (χ1n) is 7.24. The summed E-state index contributed by atoms with van der Waals surface area (Å²) in [5.74, 6) is 0.363. The van der Waals surface area contributed by atoms with Crippen molar-refractivity contribution >= 4 is 33.3 Å². The topological polar surface area (TPSA) is 70.2 Å². The van der Waals surface area contributed by atoms with E-state index in [2.05, 4.69) is 41.4 Å². The van der Waals surface area contributed by atoms with Crippen molar-refractivity contribution in [3.63, 3.8) is 0 Å². The maximum Gasteiger partial charge on any atom is 0.275 e. The number of amides is 1. The van der Waals surface area contributed by atoms with Gasteiger partial charge in [-0.3, -0.25) is 4.79 Å². The highest BCUT2D eigenvalue weighted by atomic mass is 79.9. The Hall–Kier alpha value is -1.99. The predicted octanol–water partition coefficient (Wildman–Crippen LogP) is 2.77. The van der Waals surface area contributed by atoms with Crippen molar-refractivity contribution in [3.05, 3.63) is 46.3 Å². The Balaban J connectivity index is 1.97. The summed E-state index contributed by atoms with van der Waals surface area (Å²) in [7, 11) is 4.01. The number of benzene rings is 1. The number of aryl methyl sites for hydroxylation is 1. The van der Waals surface area contributed by atoms with E-state index < -0.39 is 0 Å². The smallest absolute Gasteiger partial charge is 0.275 e. The summed E-state index contributed by atoms with van der Waals surface area (Å²) in [6.45, 7) is 3.65. The molecule has 0 fully saturated rings.